The fourth-order valence-corrected chi connectivity index (χ4v) is 0.573. The van der Waals surface area contributed by atoms with Crippen molar-refractivity contribution in [3.8, 4) is 0 Å². The van der Waals surface area contributed by atoms with E-state index in [1.54, 1.807) is 0 Å². The normalized spacial score (nSPS) is 10.1. The monoisotopic (exact) mass is 165 g/mol. The van der Waals surface area contributed by atoms with E-state index in [1.165, 1.54) is 4.98 Å². The first kappa shape index (κ1) is 7.64. The van der Waals surface area contributed by atoms with Gasteiger partial charge < -0.3 is 10.1 Å². The van der Waals surface area contributed by atoms with E-state index in [9.17, 15) is 18.0 Å². The maximum absolute atomic E-state index is 12.2. The second kappa shape index (κ2) is 2.30. The number of aromatic carboxylic acids is 1. The molecular weight excluding hydrogens is 163 g/mol. The lowest BCUT2D eigenvalue weighted by molar-refractivity contribution is 0.0685. The maximum atomic E-state index is 12.2. The van der Waals surface area contributed by atoms with E-state index in [4.69, 9.17) is 5.11 Å². The quantitative estimate of drug-likeness (QED) is 0.655. The molecule has 11 heavy (non-hydrogen) atoms. The molecule has 1 aromatic heterocycles. The molecule has 0 amide bonds. The van der Waals surface area contributed by atoms with Crippen LogP contribution in [0, 0.1) is 17.6 Å². The van der Waals surface area contributed by atoms with Gasteiger partial charge in [-0.2, -0.15) is 8.78 Å². The minimum absolute atomic E-state index is 1.11. The summed E-state index contributed by atoms with van der Waals surface area (Å²) in [6.45, 7) is 0. The van der Waals surface area contributed by atoms with Gasteiger partial charge in [-0.25, -0.2) is 9.18 Å². The van der Waals surface area contributed by atoms with Gasteiger partial charge >= 0.3 is 5.97 Å². The Balaban J connectivity index is 3.29. The smallest absolute Gasteiger partial charge is 0.355 e. The van der Waals surface area contributed by atoms with Crippen LogP contribution in [-0.2, 0) is 0 Å². The number of aromatic nitrogens is 1. The van der Waals surface area contributed by atoms with Gasteiger partial charge in [0.15, 0.2) is 11.5 Å². The van der Waals surface area contributed by atoms with Gasteiger partial charge in [0.1, 0.15) is 0 Å². The molecule has 0 aliphatic rings. The zero-order valence-corrected chi connectivity index (χ0v) is 4.99. The lowest BCUT2D eigenvalue weighted by Crippen LogP contribution is -1.99. The van der Waals surface area contributed by atoms with E-state index >= 15 is 0 Å². The second-order valence-electron chi connectivity index (χ2n) is 1.75. The van der Waals surface area contributed by atoms with Crippen LogP contribution in [0.2, 0.25) is 0 Å². The third-order valence-corrected chi connectivity index (χ3v) is 1.05. The van der Waals surface area contributed by atoms with Crippen molar-refractivity contribution in [1.82, 2.24) is 4.98 Å². The Morgan fingerprint density at radius 1 is 1.27 bits per heavy atom. The van der Waals surface area contributed by atoms with Gasteiger partial charge in [-0.05, 0) is 0 Å². The third kappa shape index (κ3) is 1.06. The standard InChI is InChI=1S/C5H2F3NO2/c6-1-2(7)4(8)9-3(1)5(10)11/h9H,(H,10,11). The Morgan fingerprint density at radius 3 is 2.00 bits per heavy atom. The van der Waals surface area contributed by atoms with Crippen LogP contribution in [0.3, 0.4) is 0 Å². The van der Waals surface area contributed by atoms with Crippen molar-refractivity contribution in [2.75, 3.05) is 0 Å². The van der Waals surface area contributed by atoms with E-state index in [0.717, 1.165) is 0 Å². The van der Waals surface area contributed by atoms with Gasteiger partial charge in [-0.3, -0.25) is 0 Å². The molecule has 0 spiro atoms. The first-order chi connectivity index (χ1) is 5.04. The molecule has 0 fully saturated rings. The predicted molar refractivity (Wildman–Crippen MR) is 27.6 cm³/mol. The highest BCUT2D eigenvalue weighted by molar-refractivity contribution is 5.85. The molecule has 0 bridgehead atoms. The van der Waals surface area contributed by atoms with Gasteiger partial charge in [0, 0.05) is 0 Å². The fraction of sp³-hybridized carbons (Fsp3) is 0. The van der Waals surface area contributed by atoms with Crippen LogP contribution < -0.4 is 0 Å². The molecule has 0 aliphatic heterocycles. The average molecular weight is 165 g/mol. The molecule has 0 atom stereocenters. The van der Waals surface area contributed by atoms with Crippen molar-refractivity contribution >= 4 is 5.97 Å². The molecule has 1 heterocycles. The fourth-order valence-electron chi connectivity index (χ4n) is 0.573. The van der Waals surface area contributed by atoms with Crippen LogP contribution in [0.5, 0.6) is 0 Å². The van der Waals surface area contributed by atoms with Crippen molar-refractivity contribution < 1.29 is 23.1 Å². The number of nitrogens with one attached hydrogen (secondary N) is 1. The zero-order valence-electron chi connectivity index (χ0n) is 4.99. The highest BCUT2D eigenvalue weighted by Crippen LogP contribution is 2.13. The number of carbonyl (C=O) groups is 1. The lowest BCUT2D eigenvalue weighted by Gasteiger charge is -1.84. The van der Waals surface area contributed by atoms with Crippen LogP contribution in [0.4, 0.5) is 13.2 Å². The Labute approximate surface area is 58.5 Å². The molecule has 0 aromatic carbocycles. The van der Waals surface area contributed by atoms with Gasteiger partial charge in [0.05, 0.1) is 0 Å². The molecule has 2 N–H and O–H groups in total. The summed E-state index contributed by atoms with van der Waals surface area (Å²) in [5.41, 5.74) is -1.11. The van der Waals surface area contributed by atoms with Crippen molar-refractivity contribution in [2.24, 2.45) is 0 Å². The first-order valence-corrected chi connectivity index (χ1v) is 2.49. The summed E-state index contributed by atoms with van der Waals surface area (Å²) in [5, 5.41) is 8.10. The Bertz CT molecular complexity index is 307. The molecular formula is C5H2F3NO2. The third-order valence-electron chi connectivity index (χ3n) is 1.05. The predicted octanol–water partition coefficient (Wildman–Crippen LogP) is 1.13. The Morgan fingerprint density at radius 2 is 1.82 bits per heavy atom. The maximum Gasteiger partial charge on any atom is 0.355 e. The van der Waals surface area contributed by atoms with E-state index in [0.29, 0.717) is 0 Å². The highest BCUT2D eigenvalue weighted by atomic mass is 19.2. The molecule has 0 saturated carbocycles. The van der Waals surface area contributed by atoms with Crippen LogP contribution in [0.25, 0.3) is 0 Å². The van der Waals surface area contributed by atoms with Gasteiger partial charge in [-0.1, -0.05) is 0 Å². The number of aromatic amines is 1. The molecule has 3 nitrogen and oxygen atoms in total. The number of carboxylic acid groups (broad SMARTS) is 1. The summed E-state index contributed by atoms with van der Waals surface area (Å²) in [4.78, 5) is 11.4. The van der Waals surface area contributed by atoms with Gasteiger partial charge in [0.2, 0.25) is 11.8 Å². The molecule has 60 valence electrons. The van der Waals surface area contributed by atoms with Gasteiger partial charge in [0.25, 0.3) is 0 Å². The SMILES string of the molecule is O=C(O)c1[nH]c(F)c(F)c1F. The number of hydrogen-bond acceptors (Lipinski definition) is 1. The second-order valence-corrected chi connectivity index (χ2v) is 1.75. The lowest BCUT2D eigenvalue weighted by atomic mass is 10.4. The van der Waals surface area contributed by atoms with E-state index in [1.807, 2.05) is 0 Å². The summed E-state index contributed by atoms with van der Waals surface area (Å²) in [7, 11) is 0. The molecule has 1 aromatic rings. The van der Waals surface area contributed by atoms with Gasteiger partial charge in [-0.15, -0.1) is 0 Å². The Hall–Kier alpha value is -1.46. The topological polar surface area (TPSA) is 53.1 Å². The molecule has 0 aliphatic carbocycles. The minimum atomic E-state index is -1.80. The summed E-state index contributed by atoms with van der Waals surface area (Å²) in [5.74, 6) is -6.87. The molecule has 0 unspecified atom stereocenters. The number of H-pyrrole nitrogens is 1. The Kier molecular flexibility index (Phi) is 1.60. The first-order valence-electron chi connectivity index (χ1n) is 2.49. The largest absolute Gasteiger partial charge is 0.476 e. The number of halogens is 3. The van der Waals surface area contributed by atoms with Crippen LogP contribution in [0.1, 0.15) is 10.5 Å². The summed E-state index contributed by atoms with van der Waals surface area (Å²) < 4.78 is 36.3. The molecule has 1 rings (SSSR count). The molecule has 0 radical (unpaired) electrons. The number of rotatable bonds is 1. The summed E-state index contributed by atoms with van der Waals surface area (Å²) in [6.07, 6.45) is 0. The molecule has 6 heteroatoms. The van der Waals surface area contributed by atoms with Crippen molar-refractivity contribution in [3.05, 3.63) is 23.3 Å². The number of carboxylic acids is 1. The van der Waals surface area contributed by atoms with Crippen LogP contribution in [-0.4, -0.2) is 16.1 Å². The van der Waals surface area contributed by atoms with Crippen molar-refractivity contribution in [3.63, 3.8) is 0 Å². The minimum Gasteiger partial charge on any atom is -0.476 e. The average Bonchev–Trinajstić information content (AvgIpc) is 2.17. The highest BCUT2D eigenvalue weighted by Gasteiger charge is 2.21. The van der Waals surface area contributed by atoms with Crippen LogP contribution in [0.15, 0.2) is 0 Å². The van der Waals surface area contributed by atoms with E-state index in [2.05, 4.69) is 0 Å². The molecule has 0 saturated heterocycles. The zero-order chi connectivity index (χ0) is 8.59. The van der Waals surface area contributed by atoms with Crippen molar-refractivity contribution in [2.45, 2.75) is 0 Å². The van der Waals surface area contributed by atoms with Crippen LogP contribution >= 0.6 is 0 Å². The summed E-state index contributed by atoms with van der Waals surface area (Å²) in [6, 6.07) is 0. The van der Waals surface area contributed by atoms with E-state index < -0.39 is 29.2 Å². The summed E-state index contributed by atoms with van der Waals surface area (Å²) >= 11 is 0. The van der Waals surface area contributed by atoms with E-state index in [-0.39, 0.29) is 0 Å². The van der Waals surface area contributed by atoms with Crippen molar-refractivity contribution in [1.29, 1.82) is 0 Å². The number of hydrogen-bond donors (Lipinski definition) is 2.